The minimum atomic E-state index is -0.178. The number of aliphatic hydroxyl groups is 1. The fourth-order valence-electron chi connectivity index (χ4n) is 5.86. The molecule has 0 saturated carbocycles. The number of carbonyl (C=O) groups is 1. The van der Waals surface area contributed by atoms with Crippen LogP contribution in [0, 0.1) is 20.8 Å². The molecule has 1 aliphatic heterocycles. The van der Waals surface area contributed by atoms with Crippen LogP contribution in [0.15, 0.2) is 47.3 Å². The summed E-state index contributed by atoms with van der Waals surface area (Å²) < 4.78 is 0. The van der Waals surface area contributed by atoms with Crippen molar-refractivity contribution in [2.24, 2.45) is 0 Å². The summed E-state index contributed by atoms with van der Waals surface area (Å²) in [6.07, 6.45) is 5.20. The number of pyridine rings is 1. The van der Waals surface area contributed by atoms with E-state index in [0.717, 1.165) is 85.2 Å². The number of aryl methyl sites for hydroxylation is 2. The lowest BCUT2D eigenvalue weighted by Crippen LogP contribution is -2.38. The second-order valence-corrected chi connectivity index (χ2v) is 11.1. The molecule has 1 aromatic heterocycles. The highest BCUT2D eigenvalue weighted by Gasteiger charge is 2.25. The van der Waals surface area contributed by atoms with Crippen LogP contribution in [0.5, 0.6) is 0 Å². The zero-order valence-electron chi connectivity index (χ0n) is 25.0. The lowest BCUT2D eigenvalue weighted by atomic mass is 9.63. The summed E-state index contributed by atoms with van der Waals surface area (Å²) >= 11 is 0. The monoisotopic (exact) mass is 555 g/mol. The maximum Gasteiger partial charge on any atom is 0.253 e. The van der Waals surface area contributed by atoms with E-state index in [9.17, 15) is 9.59 Å². The summed E-state index contributed by atoms with van der Waals surface area (Å²) in [5.74, 6) is -0.178. The van der Waals surface area contributed by atoms with Gasteiger partial charge in [-0.1, -0.05) is 36.9 Å². The predicted molar refractivity (Wildman–Crippen MR) is 169 cm³/mol. The number of rotatable bonds is 12. The molecule has 4 N–H and O–H groups in total. The van der Waals surface area contributed by atoms with E-state index in [2.05, 4.69) is 65.1 Å². The lowest BCUT2D eigenvalue weighted by Gasteiger charge is -2.37. The Bertz CT molecular complexity index is 1380. The quantitative estimate of drug-likeness (QED) is 0.188. The maximum atomic E-state index is 13.7. The van der Waals surface area contributed by atoms with Gasteiger partial charge in [0.2, 0.25) is 0 Å². The first kappa shape index (κ1) is 30.6. The molecule has 0 aliphatic carbocycles. The smallest absolute Gasteiger partial charge is 0.253 e. The van der Waals surface area contributed by atoms with Crippen molar-refractivity contribution < 1.29 is 9.90 Å². The fourth-order valence-corrected chi connectivity index (χ4v) is 5.86. The summed E-state index contributed by atoms with van der Waals surface area (Å²) in [5.41, 5.74) is 8.01. The third kappa shape index (κ3) is 7.69. The number of nitrogens with zero attached hydrogens (tertiary/aromatic N) is 1. The van der Waals surface area contributed by atoms with E-state index in [4.69, 9.17) is 5.11 Å². The Morgan fingerprint density at radius 3 is 2.44 bits per heavy atom. The van der Waals surface area contributed by atoms with Crippen LogP contribution in [-0.2, 0) is 13.1 Å². The van der Waals surface area contributed by atoms with Crippen LogP contribution in [0.25, 0.3) is 11.1 Å². The molecular weight excluding hydrogens is 511 g/mol. The van der Waals surface area contributed by atoms with Gasteiger partial charge in [-0.25, -0.2) is 0 Å². The van der Waals surface area contributed by atoms with Gasteiger partial charge in [-0.2, -0.15) is 0 Å². The molecule has 1 radical (unpaired) electrons. The lowest BCUT2D eigenvalue weighted by molar-refractivity contribution is 0.0950. The van der Waals surface area contributed by atoms with E-state index in [1.807, 2.05) is 32.9 Å². The van der Waals surface area contributed by atoms with Crippen molar-refractivity contribution in [3.8, 4) is 11.1 Å². The number of hydrogen-bond acceptors (Lipinski definition) is 5. The second-order valence-electron chi connectivity index (χ2n) is 11.1. The number of aromatic nitrogens is 1. The minimum Gasteiger partial charge on any atom is -0.396 e. The van der Waals surface area contributed by atoms with E-state index < -0.39 is 0 Å². The van der Waals surface area contributed by atoms with Gasteiger partial charge in [0.05, 0.1) is 0 Å². The molecule has 2 aromatic carbocycles. The molecule has 217 valence electrons. The summed E-state index contributed by atoms with van der Waals surface area (Å²) in [4.78, 5) is 31.6. The van der Waals surface area contributed by atoms with Gasteiger partial charge >= 0.3 is 0 Å². The Morgan fingerprint density at radius 2 is 1.78 bits per heavy atom. The topological polar surface area (TPSA) is 97.5 Å². The van der Waals surface area contributed by atoms with Crippen LogP contribution in [0.2, 0.25) is 12.6 Å². The van der Waals surface area contributed by atoms with Crippen LogP contribution < -0.4 is 21.1 Å². The molecule has 1 aliphatic rings. The van der Waals surface area contributed by atoms with Crippen molar-refractivity contribution in [1.29, 1.82) is 0 Å². The second kappa shape index (κ2) is 14.5. The highest BCUT2D eigenvalue weighted by Crippen LogP contribution is 2.34. The van der Waals surface area contributed by atoms with E-state index >= 15 is 0 Å². The summed E-state index contributed by atoms with van der Waals surface area (Å²) in [6, 6.07) is 15.0. The average molecular weight is 556 g/mol. The number of benzene rings is 2. The number of nitrogens with one attached hydrogen (secondary N) is 3. The van der Waals surface area contributed by atoms with E-state index in [0.29, 0.717) is 17.2 Å². The maximum absolute atomic E-state index is 13.7. The third-order valence-corrected chi connectivity index (χ3v) is 8.17. The highest BCUT2D eigenvalue weighted by atomic mass is 16.3. The Labute approximate surface area is 245 Å². The van der Waals surface area contributed by atoms with Crippen LogP contribution in [0.1, 0.15) is 64.5 Å². The summed E-state index contributed by atoms with van der Waals surface area (Å²) in [6.45, 7) is 10.7. The largest absolute Gasteiger partial charge is 0.396 e. The van der Waals surface area contributed by atoms with Crippen molar-refractivity contribution in [3.63, 3.8) is 0 Å². The van der Waals surface area contributed by atoms with Crippen molar-refractivity contribution in [2.45, 2.75) is 78.7 Å². The number of H-pyrrole nitrogens is 1. The molecule has 1 fully saturated rings. The first-order valence-corrected chi connectivity index (χ1v) is 14.9. The molecule has 0 spiro atoms. The van der Waals surface area contributed by atoms with Crippen LogP contribution >= 0.6 is 0 Å². The number of anilines is 1. The van der Waals surface area contributed by atoms with Crippen molar-refractivity contribution >= 4 is 18.9 Å². The van der Waals surface area contributed by atoms with E-state index in [1.165, 1.54) is 5.56 Å². The molecule has 0 unspecified atom stereocenters. The van der Waals surface area contributed by atoms with Gasteiger partial charge < -0.3 is 25.6 Å². The van der Waals surface area contributed by atoms with Crippen LogP contribution in [0.4, 0.5) is 5.69 Å². The zero-order valence-corrected chi connectivity index (χ0v) is 25.0. The molecular formula is C33H44BN4O3. The number of aromatic amines is 1. The normalized spacial score (nSPS) is 13.6. The van der Waals surface area contributed by atoms with Gasteiger partial charge in [-0.15, -0.1) is 0 Å². The molecule has 1 amide bonds. The van der Waals surface area contributed by atoms with E-state index in [1.54, 1.807) is 0 Å². The fraction of sp³-hybridized carbons (Fsp3) is 0.455. The van der Waals surface area contributed by atoms with Gasteiger partial charge in [0, 0.05) is 54.8 Å². The first-order chi connectivity index (χ1) is 19.8. The predicted octanol–water partition coefficient (Wildman–Crippen LogP) is 4.90. The van der Waals surface area contributed by atoms with Gasteiger partial charge in [0.1, 0.15) is 7.28 Å². The molecule has 7 nitrogen and oxygen atoms in total. The zero-order chi connectivity index (χ0) is 29.4. The van der Waals surface area contributed by atoms with Crippen molar-refractivity contribution in [1.82, 2.24) is 15.6 Å². The van der Waals surface area contributed by atoms with Crippen LogP contribution in [-0.4, -0.2) is 49.0 Å². The highest BCUT2D eigenvalue weighted by molar-refractivity contribution is 6.35. The minimum absolute atomic E-state index is 0.161. The first-order valence-electron chi connectivity index (χ1n) is 14.9. The summed E-state index contributed by atoms with van der Waals surface area (Å²) in [5, 5.41) is 15.4. The van der Waals surface area contributed by atoms with Gasteiger partial charge in [0.15, 0.2) is 0 Å². The Balaban J connectivity index is 1.67. The third-order valence-electron chi connectivity index (χ3n) is 8.17. The van der Waals surface area contributed by atoms with E-state index in [-0.39, 0.29) is 24.6 Å². The van der Waals surface area contributed by atoms with Gasteiger partial charge in [0.25, 0.3) is 11.5 Å². The Kier molecular flexibility index (Phi) is 10.8. The molecule has 4 rings (SSSR count). The average Bonchev–Trinajstić information content (AvgIpc) is 2.97. The van der Waals surface area contributed by atoms with Crippen LogP contribution in [0.3, 0.4) is 0 Å². The molecule has 8 heteroatoms. The van der Waals surface area contributed by atoms with Crippen molar-refractivity contribution in [2.75, 3.05) is 24.6 Å². The molecule has 3 aromatic rings. The van der Waals surface area contributed by atoms with Crippen molar-refractivity contribution in [3.05, 3.63) is 86.3 Å². The number of amides is 1. The Hall–Kier alpha value is -3.36. The molecule has 2 heterocycles. The Morgan fingerprint density at radius 1 is 1.05 bits per heavy atom. The molecule has 0 bridgehead atoms. The number of carbonyl (C=O) groups excluding carboxylic acids is 1. The SMILES string of the molecule is CCN(c1cc(-c2ccc(CNCCCO)cc2)cc(C(=O)NCc2c(C)cc(C)[nH]c2=O)c1C)C1CC[B]CC1. The number of hydrogen-bond donors (Lipinski definition) is 4. The molecule has 41 heavy (non-hydrogen) atoms. The standard InChI is InChI=1S/C33H44BN4O3/c1-5-38(28-11-13-34-14-12-28)31-19-27(26-9-7-25(8-10-26)20-35-15-6-16-39)18-29(24(31)4)32(40)36-21-30-22(2)17-23(3)37-33(30)41/h7-10,17-19,28,35,39H,5-6,11-16,20-21H2,1-4H3,(H,36,40)(H,37,41). The van der Waals surface area contributed by atoms with Gasteiger partial charge in [-0.3, -0.25) is 9.59 Å². The number of aliphatic hydroxyl groups excluding tert-OH is 1. The van der Waals surface area contributed by atoms with Gasteiger partial charge in [-0.05, 0) is 99.5 Å². The summed E-state index contributed by atoms with van der Waals surface area (Å²) in [7, 11) is 2.38. The molecule has 1 saturated heterocycles. The molecule has 0 atom stereocenters.